The fraction of sp³-hybridized carbons (Fsp3) is 0.667. The highest BCUT2D eigenvalue weighted by atomic mass is 32.1. The molecule has 12 heavy (non-hydrogen) atoms. The van der Waals surface area contributed by atoms with Gasteiger partial charge in [0, 0.05) is 24.6 Å². The average molecular weight is 183 g/mol. The van der Waals surface area contributed by atoms with E-state index < -0.39 is 0 Å². The van der Waals surface area contributed by atoms with Crippen LogP contribution in [0.2, 0.25) is 0 Å². The van der Waals surface area contributed by atoms with Gasteiger partial charge in [0.25, 0.3) is 0 Å². The molecule has 0 spiro atoms. The van der Waals surface area contributed by atoms with Gasteiger partial charge in [-0.1, -0.05) is 6.42 Å². The Kier molecular flexibility index (Phi) is 2.15. The summed E-state index contributed by atoms with van der Waals surface area (Å²) in [6.45, 7) is 0.326. The van der Waals surface area contributed by atoms with Crippen LogP contribution in [0.3, 0.4) is 0 Å². The van der Waals surface area contributed by atoms with Crippen molar-refractivity contribution in [3.63, 3.8) is 0 Å². The third kappa shape index (κ3) is 1.39. The maximum Gasteiger partial charge on any atom is 0.0931 e. The molecule has 1 aromatic rings. The predicted octanol–water partition coefficient (Wildman–Crippen LogP) is 1.85. The molecular weight excluding hydrogens is 170 g/mol. The van der Waals surface area contributed by atoms with Gasteiger partial charge in [0.05, 0.1) is 5.01 Å². The quantitative estimate of drug-likeness (QED) is 0.775. The fourth-order valence-corrected chi connectivity index (χ4v) is 2.52. The number of rotatable bonds is 3. The van der Waals surface area contributed by atoms with E-state index in [4.69, 9.17) is 0 Å². The Balaban J connectivity index is 2.01. The first-order valence-electron chi connectivity index (χ1n) is 4.34. The molecule has 1 fully saturated rings. The monoisotopic (exact) mass is 183 g/mol. The topological polar surface area (TPSA) is 33.1 Å². The molecule has 66 valence electrons. The molecule has 1 aliphatic rings. The summed E-state index contributed by atoms with van der Waals surface area (Å²) in [7, 11) is 0. The van der Waals surface area contributed by atoms with E-state index in [9.17, 15) is 5.11 Å². The number of aliphatic hydroxyl groups is 1. The minimum absolute atomic E-state index is 0.192. The SMILES string of the molecule is OCC1(Cc2nccs2)CCC1. The minimum Gasteiger partial charge on any atom is -0.396 e. The van der Waals surface area contributed by atoms with Crippen LogP contribution in [0.5, 0.6) is 0 Å². The predicted molar refractivity (Wildman–Crippen MR) is 49.2 cm³/mol. The molecule has 1 heterocycles. The lowest BCUT2D eigenvalue weighted by atomic mass is 9.67. The number of hydrogen-bond acceptors (Lipinski definition) is 3. The summed E-state index contributed by atoms with van der Waals surface area (Å²) in [4.78, 5) is 4.24. The van der Waals surface area contributed by atoms with Crippen LogP contribution in [-0.4, -0.2) is 16.7 Å². The first kappa shape index (κ1) is 8.20. The van der Waals surface area contributed by atoms with Crippen molar-refractivity contribution >= 4 is 11.3 Å². The van der Waals surface area contributed by atoms with Crippen LogP contribution in [0.15, 0.2) is 11.6 Å². The van der Waals surface area contributed by atoms with Gasteiger partial charge in [-0.25, -0.2) is 4.98 Å². The number of aromatic nitrogens is 1. The number of aliphatic hydroxyl groups excluding tert-OH is 1. The smallest absolute Gasteiger partial charge is 0.0931 e. The Morgan fingerprint density at radius 1 is 1.58 bits per heavy atom. The third-order valence-corrected chi connectivity index (χ3v) is 3.54. The van der Waals surface area contributed by atoms with Crippen LogP contribution in [-0.2, 0) is 6.42 Å². The summed E-state index contributed by atoms with van der Waals surface area (Å²) < 4.78 is 0. The van der Waals surface area contributed by atoms with Gasteiger partial charge in [0.2, 0.25) is 0 Å². The third-order valence-electron chi connectivity index (χ3n) is 2.76. The Morgan fingerprint density at radius 3 is 2.83 bits per heavy atom. The molecule has 0 saturated heterocycles. The second-order valence-electron chi connectivity index (χ2n) is 3.61. The van der Waals surface area contributed by atoms with Gasteiger partial charge >= 0.3 is 0 Å². The normalized spacial score (nSPS) is 20.4. The van der Waals surface area contributed by atoms with Crippen molar-refractivity contribution < 1.29 is 5.11 Å². The highest BCUT2D eigenvalue weighted by Crippen LogP contribution is 2.43. The highest BCUT2D eigenvalue weighted by molar-refractivity contribution is 7.09. The zero-order valence-electron chi connectivity index (χ0n) is 6.99. The van der Waals surface area contributed by atoms with Crippen molar-refractivity contribution in [3.05, 3.63) is 16.6 Å². The van der Waals surface area contributed by atoms with E-state index in [-0.39, 0.29) is 5.41 Å². The molecule has 1 saturated carbocycles. The van der Waals surface area contributed by atoms with E-state index in [1.165, 1.54) is 24.3 Å². The van der Waals surface area contributed by atoms with E-state index in [1.54, 1.807) is 11.3 Å². The van der Waals surface area contributed by atoms with Crippen LogP contribution in [0, 0.1) is 5.41 Å². The lowest BCUT2D eigenvalue weighted by molar-refractivity contribution is 0.0450. The van der Waals surface area contributed by atoms with Gasteiger partial charge < -0.3 is 5.11 Å². The summed E-state index contributed by atoms with van der Waals surface area (Å²) >= 11 is 1.69. The summed E-state index contributed by atoms with van der Waals surface area (Å²) in [6.07, 6.45) is 6.42. The summed E-state index contributed by atoms with van der Waals surface area (Å²) in [5.74, 6) is 0. The molecule has 2 nitrogen and oxygen atoms in total. The lowest BCUT2D eigenvalue weighted by Crippen LogP contribution is -2.35. The maximum absolute atomic E-state index is 9.21. The van der Waals surface area contributed by atoms with Gasteiger partial charge in [-0.15, -0.1) is 11.3 Å². The molecule has 3 heteroatoms. The summed E-state index contributed by atoms with van der Waals surface area (Å²) in [5.41, 5.74) is 0.192. The second-order valence-corrected chi connectivity index (χ2v) is 4.59. The standard InChI is InChI=1S/C9H13NOS/c11-7-9(2-1-3-9)6-8-10-4-5-12-8/h4-5,11H,1-3,6-7H2. The maximum atomic E-state index is 9.21. The number of nitrogens with zero attached hydrogens (tertiary/aromatic N) is 1. The molecule has 0 amide bonds. The van der Waals surface area contributed by atoms with Gasteiger partial charge in [-0.2, -0.15) is 0 Å². The van der Waals surface area contributed by atoms with Crippen LogP contribution in [0.1, 0.15) is 24.3 Å². The highest BCUT2D eigenvalue weighted by Gasteiger charge is 2.36. The molecule has 1 aromatic heterocycles. The van der Waals surface area contributed by atoms with Gasteiger partial charge in [0.1, 0.15) is 0 Å². The minimum atomic E-state index is 0.192. The zero-order chi connectivity index (χ0) is 8.44. The van der Waals surface area contributed by atoms with Gasteiger partial charge in [-0.3, -0.25) is 0 Å². The molecule has 0 atom stereocenters. The van der Waals surface area contributed by atoms with Gasteiger partial charge in [-0.05, 0) is 18.3 Å². The lowest BCUT2D eigenvalue weighted by Gasteiger charge is -2.39. The van der Waals surface area contributed by atoms with Crippen molar-refractivity contribution in [2.75, 3.05) is 6.61 Å². The zero-order valence-corrected chi connectivity index (χ0v) is 7.81. The van der Waals surface area contributed by atoms with Crippen molar-refractivity contribution in [1.29, 1.82) is 0 Å². The van der Waals surface area contributed by atoms with Crippen LogP contribution >= 0.6 is 11.3 Å². The first-order valence-corrected chi connectivity index (χ1v) is 5.22. The van der Waals surface area contributed by atoms with Crippen LogP contribution < -0.4 is 0 Å². The molecule has 1 aliphatic carbocycles. The van der Waals surface area contributed by atoms with Crippen molar-refractivity contribution in [1.82, 2.24) is 4.98 Å². The van der Waals surface area contributed by atoms with Gasteiger partial charge in [0.15, 0.2) is 0 Å². The number of thiazole rings is 1. The number of hydrogen-bond donors (Lipinski definition) is 1. The van der Waals surface area contributed by atoms with E-state index in [0.717, 1.165) is 6.42 Å². The second kappa shape index (κ2) is 3.15. The first-order chi connectivity index (χ1) is 5.85. The van der Waals surface area contributed by atoms with Crippen molar-refractivity contribution in [2.24, 2.45) is 5.41 Å². The van der Waals surface area contributed by atoms with Crippen LogP contribution in [0.4, 0.5) is 0 Å². The Bertz CT molecular complexity index is 236. The van der Waals surface area contributed by atoms with E-state index in [1.807, 2.05) is 11.6 Å². The van der Waals surface area contributed by atoms with E-state index >= 15 is 0 Å². The van der Waals surface area contributed by atoms with E-state index in [2.05, 4.69) is 4.98 Å². The molecule has 1 N–H and O–H groups in total. The average Bonchev–Trinajstić information content (AvgIpc) is 2.49. The molecule has 0 aromatic carbocycles. The van der Waals surface area contributed by atoms with Crippen LogP contribution in [0.25, 0.3) is 0 Å². The molecule has 0 bridgehead atoms. The summed E-state index contributed by atoms with van der Waals surface area (Å²) in [5, 5.41) is 12.4. The molecule has 0 unspecified atom stereocenters. The van der Waals surface area contributed by atoms with Crippen molar-refractivity contribution in [2.45, 2.75) is 25.7 Å². The Morgan fingerprint density at radius 2 is 2.42 bits per heavy atom. The summed E-state index contributed by atoms with van der Waals surface area (Å²) in [6, 6.07) is 0. The Hall–Kier alpha value is -0.410. The molecule has 2 rings (SSSR count). The largest absolute Gasteiger partial charge is 0.396 e. The van der Waals surface area contributed by atoms with Crippen molar-refractivity contribution in [3.8, 4) is 0 Å². The Labute approximate surface area is 76.3 Å². The fourth-order valence-electron chi connectivity index (χ4n) is 1.73. The van der Waals surface area contributed by atoms with E-state index in [0.29, 0.717) is 6.61 Å². The molecule has 0 aliphatic heterocycles. The molecule has 0 radical (unpaired) electrons. The molecular formula is C9H13NOS.